The van der Waals surface area contributed by atoms with Crippen LogP contribution in [0.15, 0.2) is 247 Å². The van der Waals surface area contributed by atoms with E-state index in [1.54, 1.807) is 22.8 Å². The summed E-state index contributed by atoms with van der Waals surface area (Å²) in [5, 5.41) is 6.01. The molecule has 5 aromatic heterocycles. The zero-order valence-electron chi connectivity index (χ0n) is 51.9. The van der Waals surface area contributed by atoms with Crippen LogP contribution in [0.2, 0.25) is 0 Å². The van der Waals surface area contributed by atoms with Gasteiger partial charge in [0.1, 0.15) is 28.5 Å². The first-order valence-corrected chi connectivity index (χ1v) is 25.4. The van der Waals surface area contributed by atoms with Crippen LogP contribution in [-0.2, 0) is 5.41 Å². The first-order valence-electron chi connectivity index (χ1n) is 30.4. The summed E-state index contributed by atoms with van der Waals surface area (Å²) in [7, 11) is 0. The van der Waals surface area contributed by atoms with Crippen molar-refractivity contribution in [3.8, 4) is 56.6 Å². The number of benzene rings is 10. The third-order valence-electron chi connectivity index (χ3n) is 14.7. The van der Waals surface area contributed by atoms with Gasteiger partial charge in [0.2, 0.25) is 0 Å². The molecule has 0 amide bonds. The highest BCUT2D eigenvalue weighted by atomic mass is 16.5. The molecule has 0 spiro atoms. The van der Waals surface area contributed by atoms with E-state index in [0.717, 1.165) is 60.7 Å². The molecule has 0 N–H and O–H groups in total. The minimum absolute atomic E-state index is 0.120. The maximum atomic E-state index is 9.23. The van der Waals surface area contributed by atoms with Gasteiger partial charge in [-0.1, -0.05) is 166 Å². The molecule has 0 saturated heterocycles. The average Bonchev–Trinajstić information content (AvgIpc) is 1.71. The third-order valence-corrected chi connectivity index (χ3v) is 14.7. The number of hydrogen-bond donors (Lipinski definition) is 0. The van der Waals surface area contributed by atoms with Crippen molar-refractivity contribution in [2.45, 2.75) is 26.2 Å². The molecule has 15 rings (SSSR count). The van der Waals surface area contributed by atoms with Gasteiger partial charge in [-0.15, -0.1) is 0 Å². The van der Waals surface area contributed by atoms with E-state index in [4.69, 9.17) is 22.4 Å². The highest BCUT2D eigenvalue weighted by Crippen LogP contribution is 2.41. The molecule has 77 heavy (non-hydrogen) atoms. The van der Waals surface area contributed by atoms with Crippen molar-refractivity contribution in [1.82, 2.24) is 18.7 Å². The highest BCUT2D eigenvalue weighted by Gasteiger charge is 2.24. The molecule has 0 radical (unpaired) electrons. The Hall–Kier alpha value is -9.98. The molecule has 366 valence electrons. The molecular formula is C70H49N5O2. The molecule has 7 nitrogen and oxygen atoms in total. The zero-order valence-corrected chi connectivity index (χ0v) is 41.9. The van der Waals surface area contributed by atoms with Crippen LogP contribution in [0.25, 0.3) is 122 Å². The van der Waals surface area contributed by atoms with Crippen molar-refractivity contribution in [2.75, 3.05) is 0 Å². The van der Waals surface area contributed by atoms with Crippen LogP contribution in [0.3, 0.4) is 0 Å². The molecular weight excluding hydrogens is 943 g/mol. The first kappa shape index (κ1) is 35.3. The normalized spacial score (nSPS) is 13.9. The molecule has 0 atom stereocenters. The number of hydrogen-bond acceptors (Lipinski definition) is 3. The lowest BCUT2D eigenvalue weighted by Gasteiger charge is -2.20. The summed E-state index contributed by atoms with van der Waals surface area (Å²) in [6.45, 7) is 6.58. The van der Waals surface area contributed by atoms with E-state index in [-0.39, 0.29) is 33.4 Å². The Kier molecular flexibility index (Phi) is 7.92. The van der Waals surface area contributed by atoms with E-state index in [1.165, 1.54) is 10.8 Å². The van der Waals surface area contributed by atoms with Crippen molar-refractivity contribution >= 4 is 76.6 Å². The van der Waals surface area contributed by atoms with E-state index < -0.39 is 60.4 Å². The fraction of sp³-hybridized carbons (Fsp3) is 0.0571. The fourth-order valence-electron chi connectivity index (χ4n) is 11.1. The zero-order chi connectivity index (χ0) is 60.1. The summed E-state index contributed by atoms with van der Waals surface area (Å²) in [6, 6.07) is 52.2. The molecule has 0 unspecified atom stereocenters. The summed E-state index contributed by atoms with van der Waals surface area (Å²) in [5.41, 5.74) is 8.85. The molecule has 0 aliphatic heterocycles. The van der Waals surface area contributed by atoms with Crippen LogP contribution in [0.1, 0.15) is 40.0 Å². The predicted molar refractivity (Wildman–Crippen MR) is 313 cm³/mol. The van der Waals surface area contributed by atoms with Gasteiger partial charge in [-0.2, -0.15) is 0 Å². The number of aromatic nitrogens is 5. The lowest BCUT2D eigenvalue weighted by molar-refractivity contribution is -0.571. The van der Waals surface area contributed by atoms with Gasteiger partial charge in [0, 0.05) is 50.3 Å². The first-order chi connectivity index (χ1) is 41.9. The van der Waals surface area contributed by atoms with Crippen LogP contribution in [0.4, 0.5) is 0 Å². The highest BCUT2D eigenvalue weighted by molar-refractivity contribution is 6.12. The second-order valence-corrected chi connectivity index (χ2v) is 20.2. The minimum atomic E-state index is -0.586. The summed E-state index contributed by atoms with van der Waals surface area (Å²) in [6.07, 6.45) is 5.40. The number of ether oxygens (including phenoxy) is 1. The lowest BCUT2D eigenvalue weighted by Crippen LogP contribution is -2.31. The number of pyridine rings is 1. The smallest absolute Gasteiger partial charge is 0.269 e. The van der Waals surface area contributed by atoms with Gasteiger partial charge < -0.3 is 13.7 Å². The van der Waals surface area contributed by atoms with E-state index >= 15 is 0 Å². The van der Waals surface area contributed by atoms with Crippen LogP contribution in [0, 0.1) is 6.33 Å². The minimum Gasteiger partial charge on any atom is -0.458 e. The standard InChI is InChI=1S/C70H49N5O2/c1-70(2,3)47-36-37-71-68(38-47)75-62-40-49(74-60-29-13-10-24-54(60)55-25-11-14-30-61(55)74)32-34-56(62)57-35-33-51(41-63(57)75)76-50-23-16-22-48(39-50)72-44-73(65-43-67-59(42-64(65)72)58-26-12-15-31-66(58)77-67)69-52(45-18-6-4-7-19-45)27-17-28-53(69)46-20-8-5-9-21-46/h4-43H,1-3H3/i4D,5D,6D,7D,8D,9D,18D,19D,20D,21D. The molecule has 7 heteroatoms. The van der Waals surface area contributed by atoms with Crippen LogP contribution < -0.4 is 9.30 Å². The van der Waals surface area contributed by atoms with Gasteiger partial charge in [-0.05, 0) is 118 Å². The van der Waals surface area contributed by atoms with Gasteiger partial charge >= 0.3 is 0 Å². The van der Waals surface area contributed by atoms with E-state index in [9.17, 15) is 5.48 Å². The van der Waals surface area contributed by atoms with Gasteiger partial charge in [0.05, 0.1) is 58.2 Å². The van der Waals surface area contributed by atoms with Crippen LogP contribution in [0.5, 0.6) is 11.5 Å². The SMILES string of the molecule is [2H]c1c([2H])c([2H])c(-c2cccc(-c3c([2H])c([2H])c([2H])c([2H])c3[2H])c2-[n+]2[c-]n(-c3cccc(Oc4ccc5c6ccc(-n7c8ccccc8c8ccccc87)cc6n(-c6cc(C(C)(C)C)ccn6)c5c4)c3)c3cc4c(cc32)oc2ccccc24)c([2H])c1[2H]. The van der Waals surface area contributed by atoms with Crippen molar-refractivity contribution in [3.05, 3.63) is 254 Å². The molecule has 5 heterocycles. The van der Waals surface area contributed by atoms with Gasteiger partial charge in [0.15, 0.2) is 0 Å². The molecule has 0 aliphatic rings. The Labute approximate surface area is 458 Å². The monoisotopic (exact) mass is 1000 g/mol. The summed E-state index contributed by atoms with van der Waals surface area (Å²) in [5.74, 6) is 1.79. The number of fused-ring (bicyclic) bond motifs is 10. The summed E-state index contributed by atoms with van der Waals surface area (Å²) in [4.78, 5) is 5.03. The third kappa shape index (κ3) is 7.26. The number of rotatable bonds is 8. The second-order valence-electron chi connectivity index (χ2n) is 20.2. The summed E-state index contributed by atoms with van der Waals surface area (Å²) < 4.78 is 110. The molecule has 0 fully saturated rings. The maximum absolute atomic E-state index is 9.23. The number of nitrogens with zero attached hydrogens (tertiary/aromatic N) is 5. The lowest BCUT2D eigenvalue weighted by atomic mass is 9.88. The Morgan fingerprint density at radius 1 is 0.494 bits per heavy atom. The molecule has 0 bridgehead atoms. The predicted octanol–water partition coefficient (Wildman–Crippen LogP) is 17.6. The van der Waals surface area contributed by atoms with Gasteiger partial charge in [-0.3, -0.25) is 13.7 Å². The van der Waals surface area contributed by atoms with Crippen molar-refractivity contribution < 1.29 is 27.4 Å². The Morgan fingerprint density at radius 3 is 1.83 bits per heavy atom. The summed E-state index contributed by atoms with van der Waals surface area (Å²) >= 11 is 0. The Balaban J connectivity index is 0.932. The van der Waals surface area contributed by atoms with Crippen LogP contribution in [-0.4, -0.2) is 18.7 Å². The molecule has 10 aromatic carbocycles. The van der Waals surface area contributed by atoms with E-state index in [2.05, 4.69) is 121 Å². The Morgan fingerprint density at radius 2 is 1.12 bits per heavy atom. The molecule has 15 aromatic rings. The van der Waals surface area contributed by atoms with Crippen molar-refractivity contribution in [2.24, 2.45) is 0 Å². The van der Waals surface area contributed by atoms with Crippen molar-refractivity contribution in [3.63, 3.8) is 0 Å². The Bertz CT molecular complexity index is 5260. The second kappa shape index (κ2) is 17.3. The maximum Gasteiger partial charge on any atom is 0.269 e. The number of furan rings is 1. The number of para-hydroxylation sites is 4. The van der Waals surface area contributed by atoms with Gasteiger partial charge in [-0.25, -0.2) is 4.98 Å². The van der Waals surface area contributed by atoms with Crippen LogP contribution >= 0.6 is 0 Å². The number of imidazole rings is 1. The van der Waals surface area contributed by atoms with Gasteiger partial charge in [0.25, 0.3) is 6.33 Å². The van der Waals surface area contributed by atoms with Crippen molar-refractivity contribution in [1.29, 1.82) is 0 Å². The van der Waals surface area contributed by atoms with E-state index in [0.29, 0.717) is 39.4 Å². The quantitative estimate of drug-likeness (QED) is 0.113. The fourth-order valence-corrected chi connectivity index (χ4v) is 11.1. The van der Waals surface area contributed by atoms with E-state index in [1.807, 2.05) is 83.6 Å². The largest absolute Gasteiger partial charge is 0.458 e. The molecule has 0 aliphatic carbocycles. The topological polar surface area (TPSA) is 53.9 Å². The average molecular weight is 1000 g/mol. The molecule has 0 saturated carbocycles.